The van der Waals surface area contributed by atoms with Gasteiger partial charge in [0.15, 0.2) is 0 Å². The number of rotatable bonds is 7. The highest BCUT2D eigenvalue weighted by atomic mass is 19.4. The highest BCUT2D eigenvalue weighted by molar-refractivity contribution is 6.01. The predicted octanol–water partition coefficient (Wildman–Crippen LogP) is 6.69. The summed E-state index contributed by atoms with van der Waals surface area (Å²) in [6.45, 7) is 12.9. The van der Waals surface area contributed by atoms with Crippen LogP contribution in [-0.2, 0) is 22.7 Å². The number of halogens is 6. The number of aryl methyl sites for hydroxylation is 2. The Morgan fingerprint density at radius 3 is 1.77 bits per heavy atom. The van der Waals surface area contributed by atoms with Crippen molar-refractivity contribution in [2.24, 2.45) is 0 Å². The van der Waals surface area contributed by atoms with Crippen LogP contribution in [0, 0.1) is 13.8 Å². The quantitative estimate of drug-likeness (QED) is 0.180. The number of piperazine rings is 1. The molecule has 2 saturated heterocycles. The Kier molecular flexibility index (Phi) is 13.7. The predicted molar refractivity (Wildman–Crippen MR) is 186 cm³/mol. The summed E-state index contributed by atoms with van der Waals surface area (Å²) in [6, 6.07) is 19.2. The molecular formula is C37H43F6N5O5. The molecule has 2 aromatic heterocycles. The molecular weight excluding hydrogens is 708 g/mol. The van der Waals surface area contributed by atoms with Gasteiger partial charge >= 0.3 is 24.3 Å². The summed E-state index contributed by atoms with van der Waals surface area (Å²) in [5, 5.41) is 15.4. The number of nitrogens with zero attached hydrogens (tertiary/aromatic N) is 4. The lowest BCUT2D eigenvalue weighted by Gasteiger charge is -2.35. The minimum absolute atomic E-state index is 0.150. The van der Waals surface area contributed by atoms with E-state index in [4.69, 9.17) is 19.8 Å². The van der Waals surface area contributed by atoms with Crippen molar-refractivity contribution in [1.82, 2.24) is 24.3 Å². The van der Waals surface area contributed by atoms with E-state index in [2.05, 4.69) is 100 Å². The highest BCUT2D eigenvalue weighted by Gasteiger charge is 2.39. The molecule has 288 valence electrons. The fourth-order valence-corrected chi connectivity index (χ4v) is 6.73. The normalized spacial score (nSPS) is 16.0. The van der Waals surface area contributed by atoms with Crippen molar-refractivity contribution in [3.63, 3.8) is 0 Å². The summed E-state index contributed by atoms with van der Waals surface area (Å²) in [7, 11) is 0. The van der Waals surface area contributed by atoms with Crippen molar-refractivity contribution < 1.29 is 50.9 Å². The van der Waals surface area contributed by atoms with E-state index in [1.165, 1.54) is 29.4 Å². The molecule has 16 heteroatoms. The van der Waals surface area contributed by atoms with Gasteiger partial charge in [-0.3, -0.25) is 14.6 Å². The lowest BCUT2D eigenvalue weighted by atomic mass is 9.84. The molecule has 0 atom stereocenters. The lowest BCUT2D eigenvalue weighted by molar-refractivity contribution is -0.193. The topological polar surface area (TPSA) is 122 Å². The minimum atomic E-state index is -5.08. The number of likely N-dealkylation sites (tertiary alicyclic amines) is 1. The number of hydrogen-bond acceptors (Lipinski definition) is 5. The molecule has 0 bridgehead atoms. The van der Waals surface area contributed by atoms with Crippen molar-refractivity contribution in [1.29, 1.82) is 0 Å². The average Bonchev–Trinajstić information content (AvgIpc) is 3.76. The summed E-state index contributed by atoms with van der Waals surface area (Å²) >= 11 is 0. The van der Waals surface area contributed by atoms with Crippen LogP contribution in [-0.4, -0.2) is 110 Å². The van der Waals surface area contributed by atoms with Crippen LogP contribution in [0.2, 0.25) is 0 Å². The number of aromatic nitrogens is 2. The number of hydrogen-bond donors (Lipinski definition) is 3. The number of piperidine rings is 1. The molecule has 6 rings (SSSR count). The lowest BCUT2D eigenvalue weighted by Crippen LogP contribution is -2.49. The van der Waals surface area contributed by atoms with Crippen molar-refractivity contribution in [2.75, 3.05) is 45.8 Å². The first kappa shape index (κ1) is 40.9. The van der Waals surface area contributed by atoms with Crippen molar-refractivity contribution in [2.45, 2.75) is 58.0 Å². The molecule has 2 aliphatic rings. The van der Waals surface area contributed by atoms with Gasteiger partial charge in [-0.1, -0.05) is 36.4 Å². The van der Waals surface area contributed by atoms with Gasteiger partial charge in [0, 0.05) is 74.7 Å². The molecule has 10 nitrogen and oxygen atoms in total. The van der Waals surface area contributed by atoms with Crippen LogP contribution in [0.1, 0.15) is 51.5 Å². The van der Waals surface area contributed by atoms with Gasteiger partial charge in [0.05, 0.1) is 0 Å². The van der Waals surface area contributed by atoms with Gasteiger partial charge in [-0.05, 0) is 80.6 Å². The number of carbonyl (C=O) groups excluding carboxylic acids is 1. The second-order valence-electron chi connectivity index (χ2n) is 13.0. The molecule has 4 heterocycles. The van der Waals surface area contributed by atoms with Crippen molar-refractivity contribution in [3.05, 3.63) is 94.9 Å². The molecule has 1 amide bonds. The zero-order valence-corrected chi connectivity index (χ0v) is 29.4. The van der Waals surface area contributed by atoms with E-state index in [1.807, 2.05) is 4.90 Å². The number of aliphatic carboxylic acids is 2. The highest BCUT2D eigenvalue weighted by Crippen LogP contribution is 2.34. The molecule has 2 fully saturated rings. The fourth-order valence-electron chi connectivity index (χ4n) is 6.73. The average molecular weight is 752 g/mol. The largest absolute Gasteiger partial charge is 0.490 e. The first-order chi connectivity index (χ1) is 25.0. The molecule has 2 aromatic carbocycles. The zero-order chi connectivity index (χ0) is 38.9. The van der Waals surface area contributed by atoms with Gasteiger partial charge < -0.3 is 24.7 Å². The van der Waals surface area contributed by atoms with E-state index in [9.17, 15) is 31.1 Å². The first-order valence-corrected chi connectivity index (χ1v) is 17.1. The van der Waals surface area contributed by atoms with Crippen LogP contribution in [0.4, 0.5) is 26.3 Å². The Labute approximate surface area is 302 Å². The van der Waals surface area contributed by atoms with Crippen molar-refractivity contribution >= 4 is 28.7 Å². The SMILES string of the molecule is Cc1cccc(C)c1C1CCN(Cc2c(C(=O)N3CCN(CCn4cccc4)CC3)[nH]c3ccccc23)CC1.O=C(O)C(F)(F)F.O=C(O)C(F)(F)F. The number of alkyl halides is 6. The maximum Gasteiger partial charge on any atom is 0.490 e. The van der Waals surface area contributed by atoms with E-state index < -0.39 is 24.3 Å². The summed E-state index contributed by atoms with van der Waals surface area (Å²) in [6.07, 6.45) is -3.60. The molecule has 0 spiro atoms. The second-order valence-corrected chi connectivity index (χ2v) is 13.0. The minimum Gasteiger partial charge on any atom is -0.475 e. The van der Waals surface area contributed by atoms with Crippen molar-refractivity contribution in [3.8, 4) is 0 Å². The molecule has 0 unspecified atom stereocenters. The Hall–Kier alpha value is -4.83. The maximum absolute atomic E-state index is 13.8. The number of aromatic amines is 1. The zero-order valence-electron chi connectivity index (χ0n) is 29.4. The number of nitrogens with one attached hydrogen (secondary N) is 1. The van der Waals surface area contributed by atoms with Gasteiger partial charge in [0.1, 0.15) is 5.69 Å². The smallest absolute Gasteiger partial charge is 0.475 e. The molecule has 0 radical (unpaired) electrons. The number of benzene rings is 2. The van der Waals surface area contributed by atoms with Gasteiger partial charge in [0.25, 0.3) is 5.91 Å². The Bertz CT molecular complexity index is 1780. The fraction of sp³-hybridized carbons (Fsp3) is 0.432. The van der Waals surface area contributed by atoms with E-state index in [0.29, 0.717) is 5.92 Å². The van der Waals surface area contributed by atoms with E-state index in [-0.39, 0.29) is 5.91 Å². The third-order valence-electron chi connectivity index (χ3n) is 9.43. The third kappa shape index (κ3) is 11.3. The van der Waals surface area contributed by atoms with Gasteiger partial charge in [-0.2, -0.15) is 26.3 Å². The second kappa shape index (κ2) is 17.8. The number of amides is 1. The van der Waals surface area contributed by atoms with Crippen LogP contribution in [0.3, 0.4) is 0 Å². The standard InChI is InChI=1S/C33H41N5O.2C2HF3O2/c1-25-8-7-9-26(2)31(25)27-12-16-37(17-13-27)24-29-28-10-3-4-11-30(28)34-32(29)33(39)38-22-20-36(21-23-38)19-18-35-14-5-6-15-35;2*3-2(4,5)1(6)7/h3-11,14-15,27,34H,12-13,16-24H2,1-2H3;2*(H,6,7). The molecule has 4 aromatic rings. The van der Waals surface area contributed by atoms with Gasteiger partial charge in [-0.15, -0.1) is 0 Å². The van der Waals surface area contributed by atoms with E-state index >= 15 is 0 Å². The summed E-state index contributed by atoms with van der Waals surface area (Å²) in [4.78, 5) is 42.2. The molecule has 2 aliphatic heterocycles. The van der Waals surface area contributed by atoms with Crippen LogP contribution < -0.4 is 0 Å². The van der Waals surface area contributed by atoms with Crippen LogP contribution in [0.25, 0.3) is 10.9 Å². The summed E-state index contributed by atoms with van der Waals surface area (Å²) in [5.41, 5.74) is 7.40. The number of fused-ring (bicyclic) bond motifs is 1. The number of carboxylic acid groups (broad SMARTS) is 2. The van der Waals surface area contributed by atoms with Gasteiger partial charge in [0.2, 0.25) is 0 Å². The number of para-hydroxylation sites is 1. The Morgan fingerprint density at radius 2 is 1.25 bits per heavy atom. The third-order valence-corrected chi connectivity index (χ3v) is 9.43. The Morgan fingerprint density at radius 1 is 0.717 bits per heavy atom. The van der Waals surface area contributed by atoms with Crippen LogP contribution >= 0.6 is 0 Å². The molecule has 3 N–H and O–H groups in total. The Balaban J connectivity index is 0.000000381. The number of H-pyrrole nitrogens is 1. The molecule has 0 aliphatic carbocycles. The molecule has 0 saturated carbocycles. The van der Waals surface area contributed by atoms with E-state index in [1.54, 1.807) is 5.56 Å². The van der Waals surface area contributed by atoms with Crippen LogP contribution in [0.15, 0.2) is 67.0 Å². The number of carboxylic acids is 2. The molecule has 53 heavy (non-hydrogen) atoms. The summed E-state index contributed by atoms with van der Waals surface area (Å²) < 4.78 is 65.7. The van der Waals surface area contributed by atoms with E-state index in [0.717, 1.165) is 75.7 Å². The monoisotopic (exact) mass is 751 g/mol. The maximum atomic E-state index is 13.8. The van der Waals surface area contributed by atoms with Crippen LogP contribution in [0.5, 0.6) is 0 Å². The number of carbonyl (C=O) groups is 3. The first-order valence-electron chi connectivity index (χ1n) is 17.1. The summed E-state index contributed by atoms with van der Waals surface area (Å²) in [5.74, 6) is -4.74. The van der Waals surface area contributed by atoms with Gasteiger partial charge in [-0.25, -0.2) is 9.59 Å².